The number of carbonyl (C=O) groups is 3. The molecule has 0 unspecified atom stereocenters. The molecule has 0 bridgehead atoms. The Balaban J connectivity index is 1.98. The number of aliphatic carboxylic acids is 1. The van der Waals surface area contributed by atoms with Gasteiger partial charge in [-0.2, -0.15) is 0 Å². The van der Waals surface area contributed by atoms with Crippen molar-refractivity contribution in [3.8, 4) is 0 Å². The van der Waals surface area contributed by atoms with E-state index in [1.165, 1.54) is 0 Å². The van der Waals surface area contributed by atoms with Crippen molar-refractivity contribution in [1.82, 2.24) is 10.6 Å². The fraction of sp³-hybridized carbons (Fsp3) is 0.880. The molecule has 3 aliphatic rings. The minimum absolute atomic E-state index is 0.733. The van der Waals surface area contributed by atoms with Gasteiger partial charge in [0.15, 0.2) is 12.6 Å². The number of rotatable bonds is 13. The van der Waals surface area contributed by atoms with Gasteiger partial charge in [-0.15, -0.1) is 0 Å². The molecule has 3 aliphatic heterocycles. The van der Waals surface area contributed by atoms with Crippen LogP contribution in [0.25, 0.3) is 0 Å². The summed E-state index contributed by atoms with van der Waals surface area (Å²) in [5.41, 5.74) is 0. The second-order valence-corrected chi connectivity index (χ2v) is 11.3. The van der Waals surface area contributed by atoms with Gasteiger partial charge >= 0.3 is 5.97 Å². The number of aliphatic hydroxyl groups is 11. The molecule has 0 aliphatic carbocycles. The lowest BCUT2D eigenvalue weighted by Gasteiger charge is -2.50. The molecule has 272 valence electrons. The normalized spacial score (nSPS) is 42.3. The molecule has 0 aromatic rings. The highest BCUT2D eigenvalue weighted by atomic mass is 16.8. The fourth-order valence-corrected chi connectivity index (χ4v) is 5.56. The van der Waals surface area contributed by atoms with Gasteiger partial charge in [0.25, 0.3) is 5.79 Å². The van der Waals surface area contributed by atoms with E-state index >= 15 is 0 Å². The molecule has 47 heavy (non-hydrogen) atoms. The van der Waals surface area contributed by atoms with E-state index in [0.29, 0.717) is 0 Å². The number of amides is 2. The van der Waals surface area contributed by atoms with E-state index in [1.807, 2.05) is 0 Å². The Hall–Kier alpha value is -2.23. The lowest BCUT2D eigenvalue weighted by atomic mass is 9.88. The molecule has 0 aromatic carbocycles. The van der Waals surface area contributed by atoms with Crippen molar-refractivity contribution in [1.29, 1.82) is 0 Å². The molecular weight excluding hydrogens is 648 g/mol. The van der Waals surface area contributed by atoms with Crippen LogP contribution in [-0.4, -0.2) is 203 Å². The van der Waals surface area contributed by atoms with Crippen LogP contribution in [0.3, 0.4) is 0 Å². The monoisotopic (exact) mass is 690 g/mol. The van der Waals surface area contributed by atoms with Crippen LogP contribution in [0.1, 0.15) is 13.3 Å². The van der Waals surface area contributed by atoms with E-state index < -0.39 is 148 Å². The van der Waals surface area contributed by atoms with E-state index in [1.54, 1.807) is 0 Å². The molecule has 3 rings (SSSR count). The quantitative estimate of drug-likeness (QED) is 0.0852. The van der Waals surface area contributed by atoms with Crippen LogP contribution >= 0.6 is 0 Å². The van der Waals surface area contributed by atoms with E-state index in [9.17, 15) is 70.6 Å². The number of aliphatic hydroxyl groups excluding tert-OH is 11. The number of nitrogens with one attached hydrogen (secondary N) is 2. The predicted octanol–water partition coefficient (Wildman–Crippen LogP) is -9.11. The average Bonchev–Trinajstić information content (AvgIpc) is 3.03. The van der Waals surface area contributed by atoms with Crippen LogP contribution in [0, 0.1) is 0 Å². The van der Waals surface area contributed by atoms with Gasteiger partial charge in [0, 0.05) is 13.3 Å². The third-order valence-corrected chi connectivity index (χ3v) is 7.97. The highest BCUT2D eigenvalue weighted by molar-refractivity contribution is 5.78. The lowest BCUT2D eigenvalue weighted by molar-refractivity contribution is -0.380. The van der Waals surface area contributed by atoms with Crippen molar-refractivity contribution < 1.29 is 99.3 Å². The Labute approximate surface area is 265 Å². The Morgan fingerprint density at radius 1 is 0.872 bits per heavy atom. The molecule has 3 saturated heterocycles. The van der Waals surface area contributed by atoms with Gasteiger partial charge in [-0.05, 0) is 0 Å². The molecule has 3 heterocycles. The SMILES string of the molecule is CC(=O)N[C@@H]1[C@@H](O[C@H]2O[C@H](CO)[C@H](O)[C@H](O[C@]3(C(=O)O)C[C@H](O)[C@@H](NC(=O)CO)[C@H]([C@H](O)[C@H](O)CO)O3)[C@H]2O)[C@H](O)[C@@H](CO)O[C@H]1O. The number of carboxylic acids is 1. The molecule has 16 atom stereocenters. The Kier molecular flexibility index (Phi) is 13.7. The molecule has 14 N–H and O–H groups in total. The van der Waals surface area contributed by atoms with E-state index in [0.717, 1.165) is 6.92 Å². The summed E-state index contributed by atoms with van der Waals surface area (Å²) in [6.07, 6.45) is -26.5. The lowest BCUT2D eigenvalue weighted by Crippen LogP contribution is -2.71. The van der Waals surface area contributed by atoms with Gasteiger partial charge < -0.3 is 95.6 Å². The predicted molar refractivity (Wildman–Crippen MR) is 143 cm³/mol. The van der Waals surface area contributed by atoms with Gasteiger partial charge in [0.05, 0.1) is 32.0 Å². The van der Waals surface area contributed by atoms with Crippen molar-refractivity contribution in [2.24, 2.45) is 0 Å². The van der Waals surface area contributed by atoms with E-state index in [2.05, 4.69) is 10.6 Å². The zero-order valence-corrected chi connectivity index (χ0v) is 24.8. The zero-order chi connectivity index (χ0) is 35.4. The van der Waals surface area contributed by atoms with Crippen LogP contribution in [0.15, 0.2) is 0 Å². The zero-order valence-electron chi connectivity index (χ0n) is 24.8. The Bertz CT molecular complexity index is 1070. The standard InChI is InChI=1S/C25H42N2O20/c1-7(32)26-14-19(16(37)10(4-29)43-22(14)40)45-23-18(39)21(17(38)11(5-30)44-23)47-25(24(41)42)2-8(33)13(27-12(35)6-31)20(46-25)15(36)9(34)3-28/h8-11,13-23,28-31,33-34,36-40H,2-6H2,1H3,(H,26,32)(H,27,35)(H,41,42)/t8-,9+,10+,11+,13+,14+,15+,16+,17-,18+,19+,20+,21-,22+,23+,25-/m0/s1. The number of carboxylic acid groups (broad SMARTS) is 1. The third-order valence-electron chi connectivity index (χ3n) is 7.97. The maximum absolute atomic E-state index is 12.6. The molecule has 22 nitrogen and oxygen atoms in total. The molecule has 0 saturated carbocycles. The minimum atomic E-state index is -3.11. The fourth-order valence-electron chi connectivity index (χ4n) is 5.56. The van der Waals surface area contributed by atoms with Crippen LogP contribution in [-0.2, 0) is 38.1 Å². The first-order valence-corrected chi connectivity index (χ1v) is 14.4. The molecular formula is C25H42N2O20. The number of carbonyl (C=O) groups excluding carboxylic acids is 2. The van der Waals surface area contributed by atoms with Gasteiger partial charge in [0.2, 0.25) is 11.8 Å². The number of ether oxygens (including phenoxy) is 5. The second-order valence-electron chi connectivity index (χ2n) is 11.3. The first-order chi connectivity index (χ1) is 22.0. The van der Waals surface area contributed by atoms with Crippen molar-refractivity contribution in [3.05, 3.63) is 0 Å². The van der Waals surface area contributed by atoms with Gasteiger partial charge in [-0.3, -0.25) is 9.59 Å². The summed E-state index contributed by atoms with van der Waals surface area (Å²) in [6, 6.07) is -3.26. The summed E-state index contributed by atoms with van der Waals surface area (Å²) in [7, 11) is 0. The van der Waals surface area contributed by atoms with Gasteiger partial charge in [0.1, 0.15) is 73.7 Å². The summed E-state index contributed by atoms with van der Waals surface area (Å²) >= 11 is 0. The van der Waals surface area contributed by atoms with Gasteiger partial charge in [-0.1, -0.05) is 0 Å². The maximum Gasteiger partial charge on any atom is 0.364 e. The van der Waals surface area contributed by atoms with Crippen molar-refractivity contribution in [2.75, 3.05) is 26.4 Å². The van der Waals surface area contributed by atoms with Crippen molar-refractivity contribution in [2.45, 2.75) is 111 Å². The molecule has 0 aromatic heterocycles. The highest BCUT2D eigenvalue weighted by Gasteiger charge is 2.60. The molecule has 2 amide bonds. The van der Waals surface area contributed by atoms with Crippen LogP contribution < -0.4 is 10.6 Å². The second kappa shape index (κ2) is 16.4. The molecule has 0 radical (unpaired) electrons. The Morgan fingerprint density at radius 2 is 1.47 bits per heavy atom. The summed E-state index contributed by atoms with van der Waals surface area (Å²) in [5.74, 6) is -6.98. The van der Waals surface area contributed by atoms with Crippen LogP contribution in [0.5, 0.6) is 0 Å². The minimum Gasteiger partial charge on any atom is -0.477 e. The van der Waals surface area contributed by atoms with E-state index in [4.69, 9.17) is 28.8 Å². The smallest absolute Gasteiger partial charge is 0.364 e. The number of hydrogen-bond donors (Lipinski definition) is 14. The van der Waals surface area contributed by atoms with Gasteiger partial charge in [-0.25, -0.2) is 4.79 Å². The van der Waals surface area contributed by atoms with Crippen LogP contribution in [0.4, 0.5) is 0 Å². The topological polar surface area (TPSA) is 364 Å². The maximum atomic E-state index is 12.6. The molecule has 22 heteroatoms. The average molecular weight is 691 g/mol. The molecule has 0 spiro atoms. The van der Waals surface area contributed by atoms with Crippen LogP contribution in [0.2, 0.25) is 0 Å². The highest BCUT2D eigenvalue weighted by Crippen LogP contribution is 2.38. The van der Waals surface area contributed by atoms with E-state index in [-0.39, 0.29) is 0 Å². The Morgan fingerprint density at radius 3 is 2.00 bits per heavy atom. The number of hydrogen-bond acceptors (Lipinski definition) is 19. The first kappa shape index (κ1) is 39.2. The first-order valence-electron chi connectivity index (χ1n) is 14.4. The molecule has 3 fully saturated rings. The summed E-state index contributed by atoms with van der Waals surface area (Å²) in [5, 5.41) is 127. The summed E-state index contributed by atoms with van der Waals surface area (Å²) < 4.78 is 27.2. The largest absolute Gasteiger partial charge is 0.477 e. The van der Waals surface area contributed by atoms with Crippen molar-refractivity contribution >= 4 is 17.8 Å². The van der Waals surface area contributed by atoms with Crippen molar-refractivity contribution in [3.63, 3.8) is 0 Å². The summed E-state index contributed by atoms with van der Waals surface area (Å²) in [4.78, 5) is 36.3. The third kappa shape index (κ3) is 8.50. The summed E-state index contributed by atoms with van der Waals surface area (Å²) in [6.45, 7) is -3.02.